The molecule has 2 aromatic carbocycles. The number of nitro benzene ring substituents is 1. The normalized spacial score (nSPS) is 11.1. The lowest BCUT2D eigenvalue weighted by Crippen LogP contribution is -2.20. The Morgan fingerprint density at radius 1 is 1.11 bits per heavy atom. The Kier molecular flexibility index (Phi) is 6.10. The molecule has 0 bridgehead atoms. The Hall–Kier alpha value is -3.13. The molecule has 0 unspecified atom stereocenters. The van der Waals surface area contributed by atoms with Crippen LogP contribution in [0.4, 0.5) is 14.5 Å². The highest BCUT2D eigenvalue weighted by molar-refractivity contribution is 5.59. The van der Waals surface area contributed by atoms with Crippen LogP contribution in [0.1, 0.15) is 17.7 Å². The molecule has 0 saturated carbocycles. The van der Waals surface area contributed by atoms with Crippen molar-refractivity contribution in [3.8, 4) is 11.3 Å². The molecule has 0 spiro atoms. The molecule has 1 N–H and O–H groups in total. The number of rotatable bonds is 8. The van der Waals surface area contributed by atoms with Crippen LogP contribution < -0.4 is 0 Å². The number of H-pyrrole nitrogens is 1. The molecule has 0 amide bonds. The summed E-state index contributed by atoms with van der Waals surface area (Å²) in [6.07, 6.45) is 1.54. The first-order valence-corrected chi connectivity index (χ1v) is 8.84. The number of benzene rings is 2. The minimum atomic E-state index is -0.496. The molecule has 3 rings (SSSR count). The third-order valence-electron chi connectivity index (χ3n) is 4.44. The SMILES string of the molecule is CN(CCCc1cc(-c2ccc(F)cc2)n[nH]1)Cc1cc(F)ccc1[N+](=O)[O-]. The fourth-order valence-electron chi connectivity index (χ4n) is 3.03. The van der Waals surface area contributed by atoms with E-state index in [1.54, 1.807) is 12.1 Å². The van der Waals surface area contributed by atoms with Gasteiger partial charge in [0.25, 0.3) is 5.69 Å². The molecule has 0 fully saturated rings. The molecule has 8 heteroatoms. The number of aromatic amines is 1. The zero-order chi connectivity index (χ0) is 20.1. The summed E-state index contributed by atoms with van der Waals surface area (Å²) in [4.78, 5) is 12.5. The molecule has 0 saturated heterocycles. The zero-order valence-corrected chi connectivity index (χ0v) is 15.4. The number of hydrogen-bond acceptors (Lipinski definition) is 4. The highest BCUT2D eigenvalue weighted by atomic mass is 19.1. The van der Waals surface area contributed by atoms with Gasteiger partial charge in [-0.15, -0.1) is 0 Å². The van der Waals surface area contributed by atoms with E-state index in [0.29, 0.717) is 12.1 Å². The number of nitrogens with zero attached hydrogens (tertiary/aromatic N) is 3. The highest BCUT2D eigenvalue weighted by Crippen LogP contribution is 2.21. The Morgan fingerprint density at radius 3 is 2.54 bits per heavy atom. The van der Waals surface area contributed by atoms with Gasteiger partial charge in [0, 0.05) is 29.4 Å². The largest absolute Gasteiger partial charge is 0.302 e. The van der Waals surface area contributed by atoms with Crippen molar-refractivity contribution in [3.05, 3.63) is 81.5 Å². The van der Waals surface area contributed by atoms with Crippen LogP contribution in [0.3, 0.4) is 0 Å². The number of aromatic nitrogens is 2. The minimum absolute atomic E-state index is 0.0780. The third kappa shape index (κ3) is 4.98. The minimum Gasteiger partial charge on any atom is -0.302 e. The lowest BCUT2D eigenvalue weighted by atomic mass is 10.1. The van der Waals surface area contributed by atoms with Crippen molar-refractivity contribution in [2.45, 2.75) is 19.4 Å². The van der Waals surface area contributed by atoms with Gasteiger partial charge in [-0.2, -0.15) is 5.10 Å². The maximum absolute atomic E-state index is 13.4. The molecular formula is C20H20F2N4O2. The molecule has 6 nitrogen and oxygen atoms in total. The third-order valence-corrected chi connectivity index (χ3v) is 4.44. The van der Waals surface area contributed by atoms with Gasteiger partial charge < -0.3 is 4.90 Å². The van der Waals surface area contributed by atoms with Gasteiger partial charge in [-0.05, 0) is 68.9 Å². The zero-order valence-electron chi connectivity index (χ0n) is 15.4. The summed E-state index contributed by atoms with van der Waals surface area (Å²) in [5, 5.41) is 18.3. The van der Waals surface area contributed by atoms with Crippen molar-refractivity contribution in [1.29, 1.82) is 0 Å². The van der Waals surface area contributed by atoms with Crippen LogP contribution >= 0.6 is 0 Å². The smallest absolute Gasteiger partial charge is 0.274 e. The fraction of sp³-hybridized carbons (Fsp3) is 0.250. The molecule has 1 heterocycles. The van der Waals surface area contributed by atoms with Gasteiger partial charge in [0.1, 0.15) is 11.6 Å². The molecular weight excluding hydrogens is 366 g/mol. The van der Waals surface area contributed by atoms with Gasteiger partial charge in [0.05, 0.1) is 10.6 Å². The van der Waals surface area contributed by atoms with E-state index in [1.165, 1.54) is 24.3 Å². The highest BCUT2D eigenvalue weighted by Gasteiger charge is 2.16. The Morgan fingerprint density at radius 2 is 1.82 bits per heavy atom. The molecule has 28 heavy (non-hydrogen) atoms. The summed E-state index contributed by atoms with van der Waals surface area (Å²) in [6, 6.07) is 11.6. The lowest BCUT2D eigenvalue weighted by Gasteiger charge is -2.16. The number of halogens is 2. The fourth-order valence-corrected chi connectivity index (χ4v) is 3.03. The van der Waals surface area contributed by atoms with Gasteiger partial charge in [0.15, 0.2) is 0 Å². The molecule has 0 aliphatic carbocycles. The van der Waals surface area contributed by atoms with Crippen LogP contribution in [0, 0.1) is 21.7 Å². The molecule has 0 aliphatic rings. The van der Waals surface area contributed by atoms with E-state index < -0.39 is 10.7 Å². The van der Waals surface area contributed by atoms with E-state index in [-0.39, 0.29) is 18.0 Å². The van der Waals surface area contributed by atoms with Crippen LogP contribution in [-0.4, -0.2) is 33.6 Å². The Balaban J connectivity index is 1.54. The Bertz CT molecular complexity index is 957. The topological polar surface area (TPSA) is 75.1 Å². The van der Waals surface area contributed by atoms with Crippen LogP contribution in [0.2, 0.25) is 0 Å². The molecule has 146 valence electrons. The summed E-state index contributed by atoms with van der Waals surface area (Å²) in [6.45, 7) is 0.969. The number of hydrogen-bond donors (Lipinski definition) is 1. The molecule has 0 radical (unpaired) electrons. The summed E-state index contributed by atoms with van der Waals surface area (Å²) in [5.41, 5.74) is 2.81. The quantitative estimate of drug-likeness (QED) is 0.462. The van der Waals surface area contributed by atoms with Gasteiger partial charge in [-0.1, -0.05) is 0 Å². The Labute approximate surface area is 161 Å². The summed E-state index contributed by atoms with van der Waals surface area (Å²) >= 11 is 0. The van der Waals surface area contributed by atoms with E-state index in [4.69, 9.17) is 0 Å². The van der Waals surface area contributed by atoms with E-state index in [9.17, 15) is 18.9 Å². The van der Waals surface area contributed by atoms with Gasteiger partial charge in [-0.3, -0.25) is 15.2 Å². The molecule has 0 aliphatic heterocycles. The van der Waals surface area contributed by atoms with Crippen LogP contribution in [0.5, 0.6) is 0 Å². The first-order chi connectivity index (χ1) is 13.4. The molecule has 0 atom stereocenters. The van der Waals surface area contributed by atoms with Gasteiger partial charge in [0.2, 0.25) is 0 Å². The van der Waals surface area contributed by atoms with E-state index in [0.717, 1.165) is 35.9 Å². The second kappa shape index (κ2) is 8.71. The van der Waals surface area contributed by atoms with Crippen molar-refractivity contribution in [3.63, 3.8) is 0 Å². The van der Waals surface area contributed by atoms with Crippen LogP contribution in [-0.2, 0) is 13.0 Å². The van der Waals surface area contributed by atoms with Gasteiger partial charge in [-0.25, -0.2) is 8.78 Å². The van der Waals surface area contributed by atoms with Crippen molar-refractivity contribution in [2.24, 2.45) is 0 Å². The standard InChI is InChI=1S/C20H20F2N4O2/c1-25(13-15-11-17(22)8-9-20(15)26(27)28)10-2-3-18-12-19(24-23-18)14-4-6-16(21)7-5-14/h4-9,11-12H,2-3,10,13H2,1H3,(H,23,24). The predicted molar refractivity (Wildman–Crippen MR) is 102 cm³/mol. The number of aryl methyl sites for hydroxylation is 1. The van der Waals surface area contributed by atoms with Crippen LogP contribution in [0.15, 0.2) is 48.5 Å². The maximum atomic E-state index is 13.4. The first-order valence-electron chi connectivity index (χ1n) is 8.84. The number of nitro groups is 1. The predicted octanol–water partition coefficient (Wildman–Crippen LogP) is 4.33. The average Bonchev–Trinajstić information content (AvgIpc) is 3.11. The van der Waals surface area contributed by atoms with Crippen molar-refractivity contribution >= 4 is 5.69 Å². The van der Waals surface area contributed by atoms with E-state index >= 15 is 0 Å². The first kappa shape index (κ1) is 19.6. The second-order valence-corrected chi connectivity index (χ2v) is 6.66. The summed E-state index contributed by atoms with van der Waals surface area (Å²) < 4.78 is 26.4. The summed E-state index contributed by atoms with van der Waals surface area (Å²) in [5.74, 6) is -0.777. The number of nitrogens with one attached hydrogen (secondary N) is 1. The average molecular weight is 386 g/mol. The maximum Gasteiger partial charge on any atom is 0.274 e. The van der Waals surface area contributed by atoms with Crippen molar-refractivity contribution in [2.75, 3.05) is 13.6 Å². The van der Waals surface area contributed by atoms with Gasteiger partial charge >= 0.3 is 0 Å². The van der Waals surface area contributed by atoms with E-state index in [2.05, 4.69) is 10.2 Å². The van der Waals surface area contributed by atoms with Crippen LogP contribution in [0.25, 0.3) is 11.3 Å². The van der Waals surface area contributed by atoms with Crippen molar-refractivity contribution < 1.29 is 13.7 Å². The molecule has 3 aromatic rings. The second-order valence-electron chi connectivity index (χ2n) is 6.66. The monoisotopic (exact) mass is 386 g/mol. The lowest BCUT2D eigenvalue weighted by molar-refractivity contribution is -0.385. The van der Waals surface area contributed by atoms with E-state index in [1.807, 2.05) is 18.0 Å². The molecule has 1 aromatic heterocycles. The summed E-state index contributed by atoms with van der Waals surface area (Å²) in [7, 11) is 1.84. The van der Waals surface area contributed by atoms with Crippen molar-refractivity contribution in [1.82, 2.24) is 15.1 Å².